The number of thioether (sulfide) groups is 1. The zero-order chi connectivity index (χ0) is 13.0. The van der Waals surface area contributed by atoms with E-state index in [-0.39, 0.29) is 11.2 Å². The quantitative estimate of drug-likeness (QED) is 0.821. The van der Waals surface area contributed by atoms with Gasteiger partial charge in [-0.2, -0.15) is 0 Å². The van der Waals surface area contributed by atoms with E-state index in [9.17, 15) is 4.79 Å². The Hall–Kier alpha value is -1.16. The van der Waals surface area contributed by atoms with Crippen LogP contribution >= 0.6 is 11.8 Å². The second-order valence-electron chi connectivity index (χ2n) is 4.80. The summed E-state index contributed by atoms with van der Waals surface area (Å²) in [5.74, 6) is 0.0803. The molecule has 98 valence electrons. The topological polar surface area (TPSA) is 55.1 Å². The standard InChI is InChI=1S/C14H20N2OS/c1-10(18-13-4-2-3-5-13)14(17)16-12-8-6-11(15)7-9-12/h6-10,13H,2-5,15H2,1H3,(H,16,17). The van der Waals surface area contributed by atoms with Crippen molar-refractivity contribution >= 4 is 29.0 Å². The van der Waals surface area contributed by atoms with Gasteiger partial charge in [0, 0.05) is 16.6 Å². The lowest BCUT2D eigenvalue weighted by molar-refractivity contribution is -0.115. The van der Waals surface area contributed by atoms with Gasteiger partial charge in [0.1, 0.15) is 0 Å². The normalized spacial score (nSPS) is 17.6. The van der Waals surface area contributed by atoms with Crippen LogP contribution < -0.4 is 11.1 Å². The SMILES string of the molecule is CC(SC1CCCC1)C(=O)Nc1ccc(N)cc1. The Morgan fingerprint density at radius 3 is 2.56 bits per heavy atom. The van der Waals surface area contributed by atoms with E-state index in [1.54, 1.807) is 23.9 Å². The molecule has 0 bridgehead atoms. The molecule has 0 spiro atoms. The van der Waals surface area contributed by atoms with Crippen molar-refractivity contribution in [3.63, 3.8) is 0 Å². The third kappa shape index (κ3) is 3.67. The highest BCUT2D eigenvalue weighted by molar-refractivity contribution is 8.01. The number of benzene rings is 1. The summed E-state index contributed by atoms with van der Waals surface area (Å²) in [5.41, 5.74) is 7.13. The highest BCUT2D eigenvalue weighted by Crippen LogP contribution is 2.32. The van der Waals surface area contributed by atoms with Gasteiger partial charge in [-0.05, 0) is 44.0 Å². The minimum absolute atomic E-state index is 0.00523. The summed E-state index contributed by atoms with van der Waals surface area (Å²) in [7, 11) is 0. The Kier molecular flexibility index (Phi) is 4.53. The number of carbonyl (C=O) groups excluding carboxylic acids is 1. The van der Waals surface area contributed by atoms with Gasteiger partial charge in [-0.15, -0.1) is 11.8 Å². The summed E-state index contributed by atoms with van der Waals surface area (Å²) in [6, 6.07) is 7.26. The van der Waals surface area contributed by atoms with E-state index in [4.69, 9.17) is 5.73 Å². The third-order valence-electron chi connectivity index (χ3n) is 3.25. The molecule has 0 aliphatic heterocycles. The Balaban J connectivity index is 1.84. The van der Waals surface area contributed by atoms with Gasteiger partial charge >= 0.3 is 0 Å². The first-order valence-corrected chi connectivity index (χ1v) is 7.41. The van der Waals surface area contributed by atoms with Crippen molar-refractivity contribution in [2.45, 2.75) is 43.1 Å². The number of amides is 1. The van der Waals surface area contributed by atoms with E-state index >= 15 is 0 Å². The Labute approximate surface area is 113 Å². The largest absolute Gasteiger partial charge is 0.399 e. The van der Waals surface area contributed by atoms with Crippen LogP contribution in [0.1, 0.15) is 32.6 Å². The summed E-state index contributed by atoms with van der Waals surface area (Å²) >= 11 is 1.80. The summed E-state index contributed by atoms with van der Waals surface area (Å²) in [6.07, 6.45) is 5.13. The number of nitrogens with one attached hydrogen (secondary N) is 1. The second kappa shape index (κ2) is 6.14. The molecule has 2 rings (SSSR count). The minimum atomic E-state index is 0.00523. The number of hydrogen-bond donors (Lipinski definition) is 2. The van der Waals surface area contributed by atoms with Crippen LogP contribution in [0.5, 0.6) is 0 Å². The van der Waals surface area contributed by atoms with Gasteiger partial charge in [0.25, 0.3) is 0 Å². The molecular weight excluding hydrogens is 244 g/mol. The maximum Gasteiger partial charge on any atom is 0.237 e. The molecule has 0 aromatic heterocycles. The van der Waals surface area contributed by atoms with Crippen LogP contribution in [0.15, 0.2) is 24.3 Å². The van der Waals surface area contributed by atoms with Crippen molar-refractivity contribution in [3.8, 4) is 0 Å². The highest BCUT2D eigenvalue weighted by atomic mass is 32.2. The molecule has 3 nitrogen and oxygen atoms in total. The molecule has 1 aliphatic carbocycles. The molecule has 18 heavy (non-hydrogen) atoms. The molecule has 3 N–H and O–H groups in total. The van der Waals surface area contributed by atoms with Crippen LogP contribution in [-0.2, 0) is 4.79 Å². The highest BCUT2D eigenvalue weighted by Gasteiger charge is 2.22. The van der Waals surface area contributed by atoms with E-state index in [0.29, 0.717) is 10.9 Å². The minimum Gasteiger partial charge on any atom is -0.399 e. The number of hydrogen-bond acceptors (Lipinski definition) is 3. The van der Waals surface area contributed by atoms with Crippen LogP contribution in [0, 0.1) is 0 Å². The molecule has 1 saturated carbocycles. The predicted octanol–water partition coefficient (Wildman–Crippen LogP) is 3.27. The molecule has 1 atom stereocenters. The molecule has 4 heteroatoms. The fourth-order valence-corrected chi connectivity index (χ4v) is 3.55. The van der Waals surface area contributed by atoms with Crippen molar-refractivity contribution in [2.75, 3.05) is 11.1 Å². The zero-order valence-electron chi connectivity index (χ0n) is 10.7. The molecular formula is C14H20N2OS. The van der Waals surface area contributed by atoms with Gasteiger partial charge in [-0.1, -0.05) is 12.8 Å². The zero-order valence-corrected chi connectivity index (χ0v) is 11.5. The summed E-state index contributed by atoms with van der Waals surface area (Å²) in [4.78, 5) is 12.0. The predicted molar refractivity (Wildman–Crippen MR) is 78.8 cm³/mol. The van der Waals surface area contributed by atoms with Gasteiger partial charge in [0.15, 0.2) is 0 Å². The average molecular weight is 264 g/mol. The average Bonchev–Trinajstić information content (AvgIpc) is 2.85. The molecule has 1 aromatic rings. The number of anilines is 2. The first kappa shape index (κ1) is 13.3. The van der Waals surface area contributed by atoms with E-state index in [1.807, 2.05) is 19.1 Å². The van der Waals surface area contributed by atoms with Gasteiger partial charge in [-0.3, -0.25) is 4.79 Å². The van der Waals surface area contributed by atoms with Gasteiger partial charge in [-0.25, -0.2) is 0 Å². The molecule has 1 fully saturated rings. The van der Waals surface area contributed by atoms with Crippen molar-refractivity contribution in [1.29, 1.82) is 0 Å². The molecule has 0 heterocycles. The smallest absolute Gasteiger partial charge is 0.237 e. The van der Waals surface area contributed by atoms with Gasteiger partial charge < -0.3 is 11.1 Å². The van der Waals surface area contributed by atoms with Crippen LogP contribution in [0.4, 0.5) is 11.4 Å². The summed E-state index contributed by atoms with van der Waals surface area (Å²) < 4.78 is 0. The van der Waals surface area contributed by atoms with E-state index in [1.165, 1.54) is 25.7 Å². The van der Waals surface area contributed by atoms with Crippen molar-refractivity contribution in [2.24, 2.45) is 0 Å². The Morgan fingerprint density at radius 2 is 1.94 bits per heavy atom. The van der Waals surface area contributed by atoms with Crippen LogP contribution in [0.25, 0.3) is 0 Å². The lowest BCUT2D eigenvalue weighted by Crippen LogP contribution is -2.24. The Bertz CT molecular complexity index is 399. The van der Waals surface area contributed by atoms with Crippen LogP contribution in [-0.4, -0.2) is 16.4 Å². The van der Waals surface area contributed by atoms with Crippen molar-refractivity contribution < 1.29 is 4.79 Å². The number of nitrogens with two attached hydrogens (primary N) is 1. The summed E-state index contributed by atoms with van der Waals surface area (Å²) in [5, 5.41) is 3.60. The lowest BCUT2D eigenvalue weighted by atomic mass is 10.3. The fraction of sp³-hybridized carbons (Fsp3) is 0.500. The molecule has 1 amide bonds. The van der Waals surface area contributed by atoms with E-state index in [2.05, 4.69) is 5.32 Å². The first-order chi connectivity index (χ1) is 8.65. The van der Waals surface area contributed by atoms with Crippen molar-refractivity contribution in [3.05, 3.63) is 24.3 Å². The number of nitrogen functional groups attached to an aromatic ring is 1. The lowest BCUT2D eigenvalue weighted by Gasteiger charge is -2.16. The van der Waals surface area contributed by atoms with E-state index in [0.717, 1.165) is 5.69 Å². The molecule has 0 saturated heterocycles. The van der Waals surface area contributed by atoms with Crippen LogP contribution in [0.3, 0.4) is 0 Å². The Morgan fingerprint density at radius 1 is 1.33 bits per heavy atom. The number of carbonyl (C=O) groups is 1. The maximum atomic E-state index is 12.0. The molecule has 1 aromatic carbocycles. The maximum absolute atomic E-state index is 12.0. The molecule has 1 aliphatic rings. The first-order valence-electron chi connectivity index (χ1n) is 6.47. The monoisotopic (exact) mass is 264 g/mol. The third-order valence-corrected chi connectivity index (χ3v) is 4.72. The fourth-order valence-electron chi connectivity index (χ4n) is 2.19. The van der Waals surface area contributed by atoms with Gasteiger partial charge in [0.2, 0.25) is 5.91 Å². The van der Waals surface area contributed by atoms with E-state index < -0.39 is 0 Å². The molecule has 1 unspecified atom stereocenters. The van der Waals surface area contributed by atoms with Crippen molar-refractivity contribution in [1.82, 2.24) is 0 Å². The second-order valence-corrected chi connectivity index (χ2v) is 6.44. The van der Waals surface area contributed by atoms with Crippen LogP contribution in [0.2, 0.25) is 0 Å². The van der Waals surface area contributed by atoms with Gasteiger partial charge in [0.05, 0.1) is 5.25 Å². The molecule has 0 radical (unpaired) electrons. The summed E-state index contributed by atoms with van der Waals surface area (Å²) in [6.45, 7) is 1.98. The number of rotatable bonds is 4.